The Balaban J connectivity index is 2.64. The highest BCUT2D eigenvalue weighted by Crippen LogP contribution is 2.26. The molecule has 0 aliphatic carbocycles. The summed E-state index contributed by atoms with van der Waals surface area (Å²) < 4.78 is 40.5. The standard InChI is InChI=1S/C16H22F3NO2/c1-11(20-14(21)8-9-15(2,3)4)12-6-5-7-13(10-12)22-16(17,18)19/h5-7,10-11H,8-9H2,1-4H3,(H,20,21)/t11-/m0/s1. The Labute approximate surface area is 128 Å². The minimum atomic E-state index is -4.72. The van der Waals surface area contributed by atoms with Crippen LogP contribution in [-0.2, 0) is 4.79 Å². The Morgan fingerprint density at radius 2 is 1.91 bits per heavy atom. The smallest absolute Gasteiger partial charge is 0.406 e. The summed E-state index contributed by atoms with van der Waals surface area (Å²) in [6.07, 6.45) is -3.60. The van der Waals surface area contributed by atoms with Crippen molar-refractivity contribution in [1.82, 2.24) is 5.32 Å². The Morgan fingerprint density at radius 1 is 1.27 bits per heavy atom. The molecule has 0 saturated carbocycles. The van der Waals surface area contributed by atoms with Crippen molar-refractivity contribution < 1.29 is 22.7 Å². The highest BCUT2D eigenvalue weighted by atomic mass is 19.4. The first-order chi connectivity index (χ1) is 9.96. The molecular formula is C16H22F3NO2. The molecule has 1 N–H and O–H groups in total. The molecule has 0 aliphatic heterocycles. The quantitative estimate of drug-likeness (QED) is 0.862. The fourth-order valence-corrected chi connectivity index (χ4v) is 1.87. The molecule has 22 heavy (non-hydrogen) atoms. The SMILES string of the molecule is C[C@H](NC(=O)CCC(C)(C)C)c1cccc(OC(F)(F)F)c1. The van der Waals surface area contributed by atoms with Crippen LogP contribution in [0.15, 0.2) is 24.3 Å². The van der Waals surface area contributed by atoms with Gasteiger partial charge in [-0.2, -0.15) is 0 Å². The van der Waals surface area contributed by atoms with Crippen LogP contribution in [0.25, 0.3) is 0 Å². The predicted octanol–water partition coefficient (Wildman–Crippen LogP) is 4.59. The number of carbonyl (C=O) groups excluding carboxylic acids is 1. The van der Waals surface area contributed by atoms with Gasteiger partial charge in [-0.25, -0.2) is 0 Å². The van der Waals surface area contributed by atoms with E-state index in [0.29, 0.717) is 12.0 Å². The van der Waals surface area contributed by atoms with E-state index in [9.17, 15) is 18.0 Å². The lowest BCUT2D eigenvalue weighted by Gasteiger charge is -2.19. The summed E-state index contributed by atoms with van der Waals surface area (Å²) in [6, 6.07) is 5.24. The van der Waals surface area contributed by atoms with Crippen LogP contribution in [0.2, 0.25) is 0 Å². The Kier molecular flexibility index (Phi) is 5.85. The monoisotopic (exact) mass is 317 g/mol. The molecule has 3 nitrogen and oxygen atoms in total. The lowest BCUT2D eigenvalue weighted by atomic mass is 9.90. The fraction of sp³-hybridized carbons (Fsp3) is 0.562. The Hall–Kier alpha value is -1.72. The van der Waals surface area contributed by atoms with Gasteiger partial charge in [-0.15, -0.1) is 13.2 Å². The van der Waals surface area contributed by atoms with Crippen molar-refractivity contribution in [3.05, 3.63) is 29.8 Å². The van der Waals surface area contributed by atoms with Crippen molar-refractivity contribution in [1.29, 1.82) is 0 Å². The van der Waals surface area contributed by atoms with Crippen LogP contribution in [0.3, 0.4) is 0 Å². The molecule has 1 aromatic rings. The third-order valence-electron chi connectivity index (χ3n) is 3.07. The average molecular weight is 317 g/mol. The molecule has 124 valence electrons. The molecule has 0 aliphatic rings. The molecule has 0 unspecified atom stereocenters. The summed E-state index contributed by atoms with van der Waals surface area (Å²) in [5.74, 6) is -0.412. The number of alkyl halides is 3. The Morgan fingerprint density at radius 3 is 2.45 bits per heavy atom. The van der Waals surface area contributed by atoms with Crippen LogP contribution in [0.1, 0.15) is 52.1 Å². The number of hydrogen-bond donors (Lipinski definition) is 1. The molecule has 1 atom stereocenters. The molecule has 1 amide bonds. The van der Waals surface area contributed by atoms with Crippen LogP contribution >= 0.6 is 0 Å². The lowest BCUT2D eigenvalue weighted by Crippen LogP contribution is -2.27. The highest BCUT2D eigenvalue weighted by molar-refractivity contribution is 5.76. The second kappa shape index (κ2) is 7.03. The van der Waals surface area contributed by atoms with Crippen molar-refractivity contribution in [2.45, 2.75) is 52.9 Å². The molecule has 6 heteroatoms. The molecular weight excluding hydrogens is 295 g/mol. The third-order valence-corrected chi connectivity index (χ3v) is 3.07. The number of amides is 1. The second-order valence-electron chi connectivity index (χ2n) is 6.47. The summed E-state index contributed by atoms with van der Waals surface area (Å²) >= 11 is 0. The van der Waals surface area contributed by atoms with Crippen LogP contribution in [0, 0.1) is 5.41 Å². The van der Waals surface area contributed by atoms with Gasteiger partial charge in [-0.05, 0) is 36.5 Å². The summed E-state index contributed by atoms with van der Waals surface area (Å²) in [5, 5.41) is 2.78. The molecule has 0 saturated heterocycles. The van der Waals surface area contributed by atoms with E-state index < -0.39 is 6.36 Å². The summed E-state index contributed by atoms with van der Waals surface area (Å²) in [6.45, 7) is 7.85. The third kappa shape index (κ3) is 7.33. The van der Waals surface area contributed by atoms with Gasteiger partial charge in [0, 0.05) is 6.42 Å². The minimum absolute atomic E-state index is 0.0566. The maximum Gasteiger partial charge on any atom is 0.573 e. The van der Waals surface area contributed by atoms with Gasteiger partial charge in [-0.3, -0.25) is 4.79 Å². The van der Waals surface area contributed by atoms with Crippen LogP contribution in [0.5, 0.6) is 5.75 Å². The molecule has 0 fully saturated rings. The zero-order valence-corrected chi connectivity index (χ0v) is 13.3. The molecule has 0 bridgehead atoms. The minimum Gasteiger partial charge on any atom is -0.406 e. The number of benzene rings is 1. The van der Waals surface area contributed by atoms with Gasteiger partial charge in [0.25, 0.3) is 0 Å². The van der Waals surface area contributed by atoms with Gasteiger partial charge in [0.1, 0.15) is 5.75 Å². The number of nitrogens with one attached hydrogen (secondary N) is 1. The summed E-state index contributed by atoms with van der Waals surface area (Å²) in [5.41, 5.74) is 0.618. The van der Waals surface area contributed by atoms with Gasteiger partial charge >= 0.3 is 6.36 Å². The van der Waals surface area contributed by atoms with Crippen LogP contribution < -0.4 is 10.1 Å². The first kappa shape index (κ1) is 18.3. The van der Waals surface area contributed by atoms with Crippen molar-refractivity contribution >= 4 is 5.91 Å². The normalized spacial score (nSPS) is 13.6. The zero-order chi connectivity index (χ0) is 17.0. The largest absolute Gasteiger partial charge is 0.573 e. The van der Waals surface area contributed by atoms with E-state index in [0.717, 1.165) is 6.42 Å². The molecule has 0 heterocycles. The molecule has 1 rings (SSSR count). The number of ether oxygens (including phenoxy) is 1. The van der Waals surface area contributed by atoms with Crippen molar-refractivity contribution in [2.75, 3.05) is 0 Å². The van der Waals surface area contributed by atoms with E-state index in [1.165, 1.54) is 18.2 Å². The van der Waals surface area contributed by atoms with Gasteiger partial charge < -0.3 is 10.1 Å². The highest BCUT2D eigenvalue weighted by Gasteiger charge is 2.31. The van der Waals surface area contributed by atoms with E-state index >= 15 is 0 Å². The second-order valence-corrected chi connectivity index (χ2v) is 6.47. The fourth-order valence-electron chi connectivity index (χ4n) is 1.87. The number of halogens is 3. The first-order valence-corrected chi connectivity index (χ1v) is 7.11. The molecule has 0 spiro atoms. The van der Waals surface area contributed by atoms with E-state index in [1.807, 2.05) is 20.8 Å². The first-order valence-electron chi connectivity index (χ1n) is 7.11. The van der Waals surface area contributed by atoms with E-state index in [1.54, 1.807) is 13.0 Å². The predicted molar refractivity (Wildman–Crippen MR) is 78.4 cm³/mol. The van der Waals surface area contributed by atoms with E-state index in [2.05, 4.69) is 10.1 Å². The van der Waals surface area contributed by atoms with Crippen molar-refractivity contribution in [3.8, 4) is 5.75 Å². The van der Waals surface area contributed by atoms with Gasteiger partial charge in [0.15, 0.2) is 0 Å². The van der Waals surface area contributed by atoms with Crippen LogP contribution in [-0.4, -0.2) is 12.3 Å². The van der Waals surface area contributed by atoms with E-state index in [4.69, 9.17) is 0 Å². The van der Waals surface area contributed by atoms with Crippen molar-refractivity contribution in [2.24, 2.45) is 5.41 Å². The molecule has 0 radical (unpaired) electrons. The van der Waals surface area contributed by atoms with Crippen LogP contribution in [0.4, 0.5) is 13.2 Å². The van der Waals surface area contributed by atoms with Crippen molar-refractivity contribution in [3.63, 3.8) is 0 Å². The average Bonchev–Trinajstić information content (AvgIpc) is 2.34. The summed E-state index contributed by atoms with van der Waals surface area (Å²) in [4.78, 5) is 11.9. The molecule has 1 aromatic carbocycles. The lowest BCUT2D eigenvalue weighted by molar-refractivity contribution is -0.274. The number of rotatable bonds is 5. The van der Waals surface area contributed by atoms with Gasteiger partial charge in [-0.1, -0.05) is 32.9 Å². The maximum atomic E-state index is 12.2. The Bertz CT molecular complexity index is 507. The summed E-state index contributed by atoms with van der Waals surface area (Å²) in [7, 11) is 0. The zero-order valence-electron chi connectivity index (χ0n) is 13.3. The van der Waals surface area contributed by atoms with Gasteiger partial charge in [0.05, 0.1) is 6.04 Å². The number of carbonyl (C=O) groups is 1. The van der Waals surface area contributed by atoms with Gasteiger partial charge in [0.2, 0.25) is 5.91 Å². The number of hydrogen-bond acceptors (Lipinski definition) is 2. The maximum absolute atomic E-state index is 12.2. The van der Waals surface area contributed by atoms with E-state index in [-0.39, 0.29) is 23.1 Å². The topological polar surface area (TPSA) is 38.3 Å². The molecule has 0 aromatic heterocycles.